The van der Waals surface area contributed by atoms with Crippen LogP contribution in [0.1, 0.15) is 38.5 Å². The molecule has 4 rings (SSSR count). The van der Waals surface area contributed by atoms with Crippen molar-refractivity contribution in [1.29, 1.82) is 0 Å². The van der Waals surface area contributed by atoms with Crippen molar-refractivity contribution in [3.8, 4) is 0 Å². The van der Waals surface area contributed by atoms with E-state index in [1.54, 1.807) is 0 Å². The molecule has 3 aliphatic heterocycles. The minimum Gasteiger partial charge on any atom is -0.481 e. The molecule has 1 spiro atoms. The number of ether oxygens (including phenoxy) is 1. The lowest BCUT2D eigenvalue weighted by molar-refractivity contribution is -0.140. The number of piperidine rings is 1. The molecule has 5 heteroatoms. The minimum atomic E-state index is -0.661. The molecular formula is C15H21NO4. The maximum atomic E-state index is 12.6. The SMILES string of the molecule is O=C(O)C1CC12CCN(C(=O)C1CC3CCC1O3)CC2. The van der Waals surface area contributed by atoms with Crippen LogP contribution in [0, 0.1) is 17.3 Å². The maximum absolute atomic E-state index is 12.6. The summed E-state index contributed by atoms with van der Waals surface area (Å²) in [5, 5.41) is 9.09. The summed E-state index contributed by atoms with van der Waals surface area (Å²) in [6.45, 7) is 1.47. The highest BCUT2D eigenvalue weighted by molar-refractivity contribution is 5.80. The van der Waals surface area contributed by atoms with Gasteiger partial charge in [-0.1, -0.05) is 0 Å². The van der Waals surface area contributed by atoms with Gasteiger partial charge in [0.1, 0.15) is 0 Å². The lowest BCUT2D eigenvalue weighted by Crippen LogP contribution is -2.45. The van der Waals surface area contributed by atoms with Gasteiger partial charge in [-0.25, -0.2) is 0 Å². The van der Waals surface area contributed by atoms with E-state index in [0.717, 1.165) is 51.6 Å². The summed E-state index contributed by atoms with van der Waals surface area (Å²) in [7, 11) is 0. The van der Waals surface area contributed by atoms with E-state index in [1.165, 1.54) is 0 Å². The quantitative estimate of drug-likeness (QED) is 0.826. The Bertz CT molecular complexity index is 455. The number of carboxylic acids is 1. The van der Waals surface area contributed by atoms with Crippen LogP contribution in [0.15, 0.2) is 0 Å². The van der Waals surface area contributed by atoms with Crippen molar-refractivity contribution < 1.29 is 19.4 Å². The summed E-state index contributed by atoms with van der Waals surface area (Å²) in [4.78, 5) is 25.6. The number of likely N-dealkylation sites (tertiary alicyclic amines) is 1. The smallest absolute Gasteiger partial charge is 0.307 e. The fourth-order valence-corrected chi connectivity index (χ4v) is 4.55. The van der Waals surface area contributed by atoms with Crippen molar-refractivity contribution in [2.45, 2.75) is 50.7 Å². The highest BCUT2D eigenvalue weighted by Gasteiger charge is 2.59. The summed E-state index contributed by atoms with van der Waals surface area (Å²) in [5.74, 6) is -0.506. The molecule has 4 unspecified atom stereocenters. The lowest BCUT2D eigenvalue weighted by Gasteiger charge is -2.35. The van der Waals surface area contributed by atoms with Crippen molar-refractivity contribution in [2.24, 2.45) is 17.3 Å². The summed E-state index contributed by atoms with van der Waals surface area (Å²) in [6, 6.07) is 0. The molecular weight excluding hydrogens is 258 g/mol. The number of aliphatic carboxylic acids is 1. The Morgan fingerprint density at radius 1 is 1.20 bits per heavy atom. The molecule has 1 N–H and O–H groups in total. The Kier molecular flexibility index (Phi) is 2.65. The molecule has 20 heavy (non-hydrogen) atoms. The third-order valence-electron chi connectivity index (χ3n) is 5.98. The van der Waals surface area contributed by atoms with Crippen molar-refractivity contribution in [2.75, 3.05) is 13.1 Å². The van der Waals surface area contributed by atoms with E-state index in [0.29, 0.717) is 6.10 Å². The number of hydrogen-bond donors (Lipinski definition) is 1. The standard InChI is InChI=1S/C15H21NO4/c17-13(10-7-9-1-2-12(10)20-9)16-5-3-15(4-6-16)8-11(15)14(18)19/h9-12H,1-8H2,(H,18,19). The lowest BCUT2D eigenvalue weighted by atomic mass is 9.86. The molecule has 2 bridgehead atoms. The maximum Gasteiger partial charge on any atom is 0.307 e. The summed E-state index contributed by atoms with van der Waals surface area (Å²) in [6.07, 6.45) is 6.01. The van der Waals surface area contributed by atoms with Gasteiger partial charge in [-0.15, -0.1) is 0 Å². The Morgan fingerprint density at radius 3 is 2.45 bits per heavy atom. The first-order valence-corrected chi connectivity index (χ1v) is 7.76. The first-order valence-electron chi connectivity index (χ1n) is 7.76. The highest BCUT2D eigenvalue weighted by atomic mass is 16.5. The fourth-order valence-electron chi connectivity index (χ4n) is 4.55. The van der Waals surface area contributed by atoms with Gasteiger partial charge in [-0.05, 0) is 43.9 Å². The van der Waals surface area contributed by atoms with Gasteiger partial charge in [0.15, 0.2) is 0 Å². The number of carbonyl (C=O) groups is 2. The van der Waals surface area contributed by atoms with E-state index in [-0.39, 0.29) is 29.3 Å². The Labute approximate surface area is 118 Å². The molecule has 0 radical (unpaired) electrons. The highest BCUT2D eigenvalue weighted by Crippen LogP contribution is 2.59. The van der Waals surface area contributed by atoms with Crippen LogP contribution in [0.5, 0.6) is 0 Å². The first-order chi connectivity index (χ1) is 9.59. The number of hydrogen-bond acceptors (Lipinski definition) is 3. The van der Waals surface area contributed by atoms with Crippen molar-refractivity contribution >= 4 is 11.9 Å². The average Bonchev–Trinajstić information content (AvgIpc) is 2.83. The van der Waals surface area contributed by atoms with Gasteiger partial charge in [0.05, 0.1) is 24.0 Å². The van der Waals surface area contributed by atoms with Crippen molar-refractivity contribution in [3.05, 3.63) is 0 Å². The van der Waals surface area contributed by atoms with E-state index in [4.69, 9.17) is 9.84 Å². The summed E-state index contributed by atoms with van der Waals surface area (Å²) < 4.78 is 5.77. The largest absolute Gasteiger partial charge is 0.481 e. The Morgan fingerprint density at radius 2 is 1.95 bits per heavy atom. The zero-order valence-electron chi connectivity index (χ0n) is 11.6. The van der Waals surface area contributed by atoms with Gasteiger partial charge in [-0.2, -0.15) is 0 Å². The third-order valence-corrected chi connectivity index (χ3v) is 5.98. The molecule has 4 fully saturated rings. The van der Waals surface area contributed by atoms with Crippen LogP contribution < -0.4 is 0 Å². The van der Waals surface area contributed by atoms with E-state index in [2.05, 4.69) is 0 Å². The number of amides is 1. The van der Waals surface area contributed by atoms with Crippen LogP contribution in [0.25, 0.3) is 0 Å². The third kappa shape index (κ3) is 1.79. The van der Waals surface area contributed by atoms with Gasteiger partial charge >= 0.3 is 5.97 Å². The molecule has 1 amide bonds. The number of nitrogens with zero attached hydrogens (tertiary/aromatic N) is 1. The van der Waals surface area contributed by atoms with Crippen LogP contribution in [-0.4, -0.2) is 47.2 Å². The Hall–Kier alpha value is -1.10. The molecule has 3 saturated heterocycles. The normalized spacial score (nSPS) is 41.1. The van der Waals surface area contributed by atoms with E-state index in [9.17, 15) is 9.59 Å². The van der Waals surface area contributed by atoms with Crippen LogP contribution >= 0.6 is 0 Å². The summed E-state index contributed by atoms with van der Waals surface area (Å²) in [5.41, 5.74) is 0.00773. The zero-order valence-corrected chi connectivity index (χ0v) is 11.6. The van der Waals surface area contributed by atoms with Gasteiger partial charge in [0.25, 0.3) is 0 Å². The molecule has 0 aromatic heterocycles. The number of carbonyl (C=O) groups excluding carboxylic acids is 1. The molecule has 3 heterocycles. The predicted octanol–water partition coefficient (Wildman–Crippen LogP) is 1.27. The van der Waals surface area contributed by atoms with Crippen LogP contribution in [0.3, 0.4) is 0 Å². The number of carboxylic acid groups (broad SMARTS) is 1. The number of fused-ring (bicyclic) bond motifs is 2. The molecule has 0 aromatic rings. The van der Waals surface area contributed by atoms with Gasteiger partial charge in [0.2, 0.25) is 5.91 Å². The zero-order chi connectivity index (χ0) is 13.9. The van der Waals surface area contributed by atoms with Crippen molar-refractivity contribution in [1.82, 2.24) is 4.90 Å². The molecule has 5 nitrogen and oxygen atoms in total. The van der Waals surface area contributed by atoms with Crippen LogP contribution in [0.4, 0.5) is 0 Å². The molecule has 110 valence electrons. The second kappa shape index (κ2) is 4.20. The van der Waals surface area contributed by atoms with Gasteiger partial charge in [-0.3, -0.25) is 9.59 Å². The van der Waals surface area contributed by atoms with Crippen molar-refractivity contribution in [3.63, 3.8) is 0 Å². The Balaban J connectivity index is 1.36. The second-order valence-electron chi connectivity index (χ2n) is 7.00. The van der Waals surface area contributed by atoms with E-state index < -0.39 is 5.97 Å². The molecule has 1 aliphatic carbocycles. The second-order valence-corrected chi connectivity index (χ2v) is 7.00. The van der Waals surface area contributed by atoms with Gasteiger partial charge in [0, 0.05) is 13.1 Å². The molecule has 0 aromatic carbocycles. The fraction of sp³-hybridized carbons (Fsp3) is 0.867. The van der Waals surface area contributed by atoms with E-state index >= 15 is 0 Å². The topological polar surface area (TPSA) is 66.8 Å². The van der Waals surface area contributed by atoms with E-state index in [1.807, 2.05) is 4.90 Å². The summed E-state index contributed by atoms with van der Waals surface area (Å²) >= 11 is 0. The van der Waals surface area contributed by atoms with Gasteiger partial charge < -0.3 is 14.7 Å². The van der Waals surface area contributed by atoms with Crippen LogP contribution in [0.2, 0.25) is 0 Å². The molecule has 1 saturated carbocycles. The molecule has 4 atom stereocenters. The number of rotatable bonds is 2. The first kappa shape index (κ1) is 12.6. The monoisotopic (exact) mass is 279 g/mol. The predicted molar refractivity (Wildman–Crippen MR) is 70.0 cm³/mol. The average molecular weight is 279 g/mol. The molecule has 4 aliphatic rings. The minimum absolute atomic E-state index is 0.00773. The van der Waals surface area contributed by atoms with Crippen LogP contribution in [-0.2, 0) is 14.3 Å².